The Balaban J connectivity index is 2.75. The molecule has 1 aromatic rings. The topological polar surface area (TPSA) is 0 Å². The smallest absolute Gasteiger partial charge is 0.0129 e. The second-order valence-corrected chi connectivity index (χ2v) is 4.02. The Hall–Kier alpha value is -1.22. The second-order valence-electron chi connectivity index (χ2n) is 4.02. The summed E-state index contributed by atoms with van der Waals surface area (Å²) < 4.78 is 0. The van der Waals surface area contributed by atoms with Crippen molar-refractivity contribution in [2.75, 3.05) is 0 Å². The average molecular weight is 214 g/mol. The molecule has 0 spiro atoms. The van der Waals surface area contributed by atoms with Gasteiger partial charge in [-0.2, -0.15) is 0 Å². The van der Waals surface area contributed by atoms with Crippen molar-refractivity contribution in [3.05, 3.63) is 34.9 Å². The van der Waals surface area contributed by atoms with E-state index in [1.807, 2.05) is 0 Å². The van der Waals surface area contributed by atoms with Crippen LogP contribution in [0.2, 0.25) is 0 Å². The lowest BCUT2D eigenvalue weighted by Crippen LogP contribution is -1.94. The fraction of sp³-hybridized carbons (Fsp3) is 0.500. The fourth-order valence-electron chi connectivity index (χ4n) is 1.89. The molecule has 86 valence electrons. The summed E-state index contributed by atoms with van der Waals surface area (Å²) in [4.78, 5) is 0. The van der Waals surface area contributed by atoms with Crippen LogP contribution in [0.1, 0.15) is 50.3 Å². The lowest BCUT2D eigenvalue weighted by Gasteiger charge is -2.08. The molecule has 0 N–H and O–H groups in total. The molecule has 0 saturated heterocycles. The van der Waals surface area contributed by atoms with Crippen molar-refractivity contribution in [1.82, 2.24) is 0 Å². The Kier molecular flexibility index (Phi) is 5.72. The van der Waals surface area contributed by atoms with Gasteiger partial charge >= 0.3 is 0 Å². The highest BCUT2D eigenvalue weighted by molar-refractivity contribution is 5.32. The van der Waals surface area contributed by atoms with Gasteiger partial charge in [0.25, 0.3) is 0 Å². The van der Waals surface area contributed by atoms with Crippen LogP contribution < -0.4 is 0 Å². The predicted octanol–water partition coefficient (Wildman–Crippen LogP) is 4.16. The van der Waals surface area contributed by atoms with Crippen LogP contribution in [-0.2, 0) is 19.3 Å². The molecule has 0 aromatic heterocycles. The van der Waals surface area contributed by atoms with Crippen molar-refractivity contribution in [1.29, 1.82) is 0 Å². The first-order chi connectivity index (χ1) is 7.81. The number of hydrogen-bond acceptors (Lipinski definition) is 0. The molecule has 0 saturated carbocycles. The molecule has 1 aromatic carbocycles. The van der Waals surface area contributed by atoms with Gasteiger partial charge in [0.15, 0.2) is 0 Å². The van der Waals surface area contributed by atoms with Gasteiger partial charge in [0.2, 0.25) is 0 Å². The zero-order valence-corrected chi connectivity index (χ0v) is 10.8. The van der Waals surface area contributed by atoms with Gasteiger partial charge in [-0.25, -0.2) is 0 Å². The van der Waals surface area contributed by atoms with Crippen molar-refractivity contribution in [2.24, 2.45) is 0 Å². The van der Waals surface area contributed by atoms with Crippen molar-refractivity contribution in [3.63, 3.8) is 0 Å². The van der Waals surface area contributed by atoms with E-state index in [9.17, 15) is 0 Å². The minimum Gasteiger partial charge on any atom is -0.104 e. The molecule has 0 nitrogen and oxygen atoms in total. The molecular formula is C16H22. The number of aryl methyl sites for hydroxylation is 3. The minimum atomic E-state index is 0.968. The van der Waals surface area contributed by atoms with Gasteiger partial charge in [-0.15, -0.1) is 11.8 Å². The lowest BCUT2D eigenvalue weighted by atomic mass is 9.97. The van der Waals surface area contributed by atoms with Gasteiger partial charge in [-0.05, 0) is 36.0 Å². The number of benzene rings is 1. The zero-order chi connectivity index (χ0) is 11.8. The second kappa shape index (κ2) is 7.12. The van der Waals surface area contributed by atoms with E-state index < -0.39 is 0 Å². The quantitative estimate of drug-likeness (QED) is 0.660. The van der Waals surface area contributed by atoms with Crippen LogP contribution in [0.15, 0.2) is 18.2 Å². The summed E-state index contributed by atoms with van der Waals surface area (Å²) in [5.74, 6) is 6.36. The first kappa shape index (κ1) is 12.8. The van der Waals surface area contributed by atoms with E-state index in [0.29, 0.717) is 0 Å². The molecule has 0 heterocycles. The van der Waals surface area contributed by atoms with Gasteiger partial charge in [0.1, 0.15) is 0 Å². The summed E-state index contributed by atoms with van der Waals surface area (Å²) in [6, 6.07) is 6.88. The van der Waals surface area contributed by atoms with Crippen LogP contribution in [0, 0.1) is 11.8 Å². The fourth-order valence-corrected chi connectivity index (χ4v) is 1.89. The first-order valence-corrected chi connectivity index (χ1v) is 6.38. The molecule has 0 aliphatic rings. The molecule has 1 rings (SSSR count). The van der Waals surface area contributed by atoms with Gasteiger partial charge in [-0.3, -0.25) is 0 Å². The summed E-state index contributed by atoms with van der Waals surface area (Å²) in [6.07, 6.45) is 5.31. The maximum Gasteiger partial charge on any atom is 0.0129 e. The van der Waals surface area contributed by atoms with E-state index in [2.05, 4.69) is 50.8 Å². The molecule has 0 heteroatoms. The molecule has 0 unspecified atom stereocenters. The maximum atomic E-state index is 3.22. The summed E-state index contributed by atoms with van der Waals surface area (Å²) in [5.41, 5.74) is 4.42. The first-order valence-electron chi connectivity index (χ1n) is 6.38. The summed E-state index contributed by atoms with van der Waals surface area (Å²) in [7, 11) is 0. The van der Waals surface area contributed by atoms with Gasteiger partial charge in [0, 0.05) is 12.8 Å². The molecule has 0 aliphatic carbocycles. The van der Waals surface area contributed by atoms with Gasteiger partial charge < -0.3 is 0 Å². The Labute approximate surface area is 100 Å². The highest BCUT2D eigenvalue weighted by Gasteiger charge is 2.01. The Morgan fingerprint density at radius 2 is 1.75 bits per heavy atom. The third kappa shape index (κ3) is 3.74. The molecule has 0 bridgehead atoms. The van der Waals surface area contributed by atoms with Gasteiger partial charge in [0.05, 0.1) is 0 Å². The Morgan fingerprint density at radius 3 is 2.38 bits per heavy atom. The van der Waals surface area contributed by atoms with Crippen LogP contribution in [0.4, 0.5) is 0 Å². The van der Waals surface area contributed by atoms with E-state index in [1.165, 1.54) is 16.7 Å². The minimum absolute atomic E-state index is 0.968. The SMILES string of the molecule is CCC#CCCc1cc(CC)ccc1CC. The van der Waals surface area contributed by atoms with Crippen molar-refractivity contribution >= 4 is 0 Å². The molecule has 0 atom stereocenters. The molecular weight excluding hydrogens is 192 g/mol. The van der Waals surface area contributed by atoms with Crippen molar-refractivity contribution < 1.29 is 0 Å². The molecule has 0 radical (unpaired) electrons. The summed E-state index contributed by atoms with van der Waals surface area (Å²) >= 11 is 0. The lowest BCUT2D eigenvalue weighted by molar-refractivity contribution is 0.965. The molecule has 0 aliphatic heterocycles. The number of rotatable bonds is 4. The molecule has 0 amide bonds. The van der Waals surface area contributed by atoms with E-state index >= 15 is 0 Å². The van der Waals surface area contributed by atoms with Crippen LogP contribution in [-0.4, -0.2) is 0 Å². The van der Waals surface area contributed by atoms with E-state index in [0.717, 1.165) is 32.1 Å². The van der Waals surface area contributed by atoms with Crippen LogP contribution in [0.3, 0.4) is 0 Å². The normalized spacial score (nSPS) is 9.69. The summed E-state index contributed by atoms with van der Waals surface area (Å²) in [5, 5.41) is 0. The van der Waals surface area contributed by atoms with Gasteiger partial charge in [-0.1, -0.05) is 39.0 Å². The predicted molar refractivity (Wildman–Crippen MR) is 71.6 cm³/mol. The Morgan fingerprint density at radius 1 is 0.938 bits per heavy atom. The zero-order valence-electron chi connectivity index (χ0n) is 10.8. The van der Waals surface area contributed by atoms with Crippen molar-refractivity contribution in [3.8, 4) is 11.8 Å². The third-order valence-corrected chi connectivity index (χ3v) is 2.88. The average Bonchev–Trinajstić information content (AvgIpc) is 2.34. The standard InChI is InChI=1S/C16H22/c1-4-7-8-9-10-16-13-14(5-2)11-12-15(16)6-3/h11-13H,4-6,9-10H2,1-3H3. The highest BCUT2D eigenvalue weighted by atomic mass is 14.1. The number of hydrogen-bond donors (Lipinski definition) is 0. The monoisotopic (exact) mass is 214 g/mol. The highest BCUT2D eigenvalue weighted by Crippen LogP contribution is 2.15. The van der Waals surface area contributed by atoms with E-state index in [4.69, 9.17) is 0 Å². The van der Waals surface area contributed by atoms with E-state index in [-0.39, 0.29) is 0 Å². The van der Waals surface area contributed by atoms with E-state index in [1.54, 1.807) is 0 Å². The maximum absolute atomic E-state index is 3.22. The van der Waals surface area contributed by atoms with Crippen molar-refractivity contribution in [2.45, 2.75) is 52.9 Å². The van der Waals surface area contributed by atoms with Crippen LogP contribution in [0.25, 0.3) is 0 Å². The largest absolute Gasteiger partial charge is 0.104 e. The summed E-state index contributed by atoms with van der Waals surface area (Å²) in [6.45, 7) is 6.53. The van der Waals surface area contributed by atoms with Crippen LogP contribution in [0.5, 0.6) is 0 Å². The van der Waals surface area contributed by atoms with Crippen LogP contribution >= 0.6 is 0 Å². The Bertz CT molecular complexity index is 377. The molecule has 16 heavy (non-hydrogen) atoms. The third-order valence-electron chi connectivity index (χ3n) is 2.88. The molecule has 0 fully saturated rings.